The molecule has 0 aromatic carbocycles. The van der Waals surface area contributed by atoms with Crippen LogP contribution in [-0.2, 0) is 14.3 Å². The van der Waals surface area contributed by atoms with Crippen LogP contribution in [0.25, 0.3) is 0 Å². The highest BCUT2D eigenvalue weighted by Gasteiger charge is 2.43. The van der Waals surface area contributed by atoms with E-state index >= 15 is 0 Å². The number of carbonyl (C=O) groups is 1. The van der Waals surface area contributed by atoms with Crippen molar-refractivity contribution in [2.24, 2.45) is 0 Å². The maximum Gasteiger partial charge on any atom is 0.217 e. The van der Waals surface area contributed by atoms with Crippen LogP contribution in [0.1, 0.15) is 13.8 Å². The van der Waals surface area contributed by atoms with E-state index < -0.39 is 30.6 Å². The third kappa shape index (κ3) is 2.66. The fourth-order valence-electron chi connectivity index (χ4n) is 1.64. The molecule has 15 heavy (non-hydrogen) atoms. The standard InChI is InChI=1S/C9H17NO5/c1-4-7(12)6(10-5(2)11)8(13)9(14-3)15-4/h4,6-9,12-13H,1-3H3,(H,10,11)/t4-,6+,7-,8+,9-/m0/s1. The van der Waals surface area contributed by atoms with E-state index in [0.717, 1.165) is 0 Å². The van der Waals surface area contributed by atoms with Crippen LogP contribution in [-0.4, -0.2) is 53.9 Å². The zero-order chi connectivity index (χ0) is 11.6. The molecule has 0 aromatic heterocycles. The first-order valence-corrected chi connectivity index (χ1v) is 4.79. The summed E-state index contributed by atoms with van der Waals surface area (Å²) >= 11 is 0. The maximum atomic E-state index is 10.9. The molecule has 0 spiro atoms. The van der Waals surface area contributed by atoms with E-state index in [1.165, 1.54) is 14.0 Å². The predicted octanol–water partition coefficient (Wildman–Crippen LogP) is -1.40. The van der Waals surface area contributed by atoms with Crippen molar-refractivity contribution in [2.45, 2.75) is 44.5 Å². The Morgan fingerprint density at radius 2 is 2.00 bits per heavy atom. The van der Waals surface area contributed by atoms with Gasteiger partial charge in [-0.05, 0) is 6.92 Å². The minimum absolute atomic E-state index is 0.318. The summed E-state index contributed by atoms with van der Waals surface area (Å²) in [6.07, 6.45) is -3.36. The third-order valence-corrected chi connectivity index (χ3v) is 2.45. The molecule has 6 nitrogen and oxygen atoms in total. The number of aliphatic hydroxyl groups excluding tert-OH is 2. The highest BCUT2D eigenvalue weighted by atomic mass is 16.7. The van der Waals surface area contributed by atoms with Crippen molar-refractivity contribution in [3.05, 3.63) is 0 Å². The lowest BCUT2D eigenvalue weighted by atomic mass is 9.97. The summed E-state index contributed by atoms with van der Waals surface area (Å²) in [5.41, 5.74) is 0. The highest BCUT2D eigenvalue weighted by Crippen LogP contribution is 2.21. The van der Waals surface area contributed by atoms with Gasteiger partial charge in [0.2, 0.25) is 5.91 Å². The zero-order valence-electron chi connectivity index (χ0n) is 9.01. The molecule has 3 N–H and O–H groups in total. The number of methoxy groups -OCH3 is 1. The minimum atomic E-state index is -1.08. The number of nitrogens with one attached hydrogen (secondary N) is 1. The molecule has 88 valence electrons. The molecule has 0 saturated carbocycles. The molecule has 1 aliphatic heterocycles. The molecule has 1 heterocycles. The molecule has 0 unspecified atom stereocenters. The van der Waals surface area contributed by atoms with E-state index in [9.17, 15) is 15.0 Å². The second-order valence-corrected chi connectivity index (χ2v) is 3.65. The fraction of sp³-hybridized carbons (Fsp3) is 0.889. The number of ether oxygens (including phenoxy) is 2. The lowest BCUT2D eigenvalue weighted by Gasteiger charge is -2.41. The smallest absolute Gasteiger partial charge is 0.217 e. The quantitative estimate of drug-likeness (QED) is 0.532. The van der Waals surface area contributed by atoms with Crippen molar-refractivity contribution in [2.75, 3.05) is 7.11 Å². The van der Waals surface area contributed by atoms with E-state index in [2.05, 4.69) is 5.32 Å². The predicted molar refractivity (Wildman–Crippen MR) is 51.0 cm³/mol. The molecule has 1 amide bonds. The first-order valence-electron chi connectivity index (χ1n) is 4.79. The van der Waals surface area contributed by atoms with Crippen LogP contribution in [0.15, 0.2) is 0 Å². The average molecular weight is 219 g/mol. The molecule has 0 aliphatic carbocycles. The molecule has 1 saturated heterocycles. The van der Waals surface area contributed by atoms with Crippen molar-refractivity contribution in [1.29, 1.82) is 0 Å². The van der Waals surface area contributed by atoms with Gasteiger partial charge in [0.1, 0.15) is 12.2 Å². The Balaban J connectivity index is 2.74. The number of aliphatic hydroxyl groups is 2. The molecule has 0 aromatic rings. The van der Waals surface area contributed by atoms with E-state index in [0.29, 0.717) is 0 Å². The summed E-state index contributed by atoms with van der Waals surface area (Å²) in [7, 11) is 1.39. The lowest BCUT2D eigenvalue weighted by molar-refractivity contribution is -0.261. The van der Waals surface area contributed by atoms with Gasteiger partial charge in [0.15, 0.2) is 6.29 Å². The summed E-state index contributed by atoms with van der Waals surface area (Å²) in [5, 5.41) is 21.9. The third-order valence-electron chi connectivity index (χ3n) is 2.45. The minimum Gasteiger partial charge on any atom is -0.388 e. The first kappa shape index (κ1) is 12.4. The number of rotatable bonds is 2. The Morgan fingerprint density at radius 3 is 2.47 bits per heavy atom. The van der Waals surface area contributed by atoms with Crippen LogP contribution in [0.5, 0.6) is 0 Å². The summed E-state index contributed by atoms with van der Waals surface area (Å²) < 4.78 is 10.1. The van der Waals surface area contributed by atoms with Gasteiger partial charge >= 0.3 is 0 Å². The molecule has 6 heteroatoms. The van der Waals surface area contributed by atoms with Crippen LogP contribution in [0, 0.1) is 0 Å². The van der Waals surface area contributed by atoms with Crippen LogP contribution in [0.2, 0.25) is 0 Å². The second-order valence-electron chi connectivity index (χ2n) is 3.65. The molecule has 1 aliphatic rings. The monoisotopic (exact) mass is 219 g/mol. The van der Waals surface area contributed by atoms with Gasteiger partial charge in [-0.15, -0.1) is 0 Å². The van der Waals surface area contributed by atoms with E-state index in [-0.39, 0.29) is 5.91 Å². The Labute approximate surface area is 88.2 Å². The van der Waals surface area contributed by atoms with E-state index in [1.54, 1.807) is 6.92 Å². The van der Waals surface area contributed by atoms with Crippen molar-refractivity contribution < 1.29 is 24.5 Å². The molecule has 5 atom stereocenters. The number of amides is 1. The summed E-state index contributed by atoms with van der Waals surface area (Å²) in [4.78, 5) is 10.9. The van der Waals surface area contributed by atoms with Gasteiger partial charge in [-0.25, -0.2) is 0 Å². The number of hydrogen-bond donors (Lipinski definition) is 3. The highest BCUT2D eigenvalue weighted by molar-refractivity contribution is 5.73. The van der Waals surface area contributed by atoms with Crippen molar-refractivity contribution >= 4 is 5.91 Å². The van der Waals surface area contributed by atoms with Gasteiger partial charge in [0.05, 0.1) is 12.1 Å². The largest absolute Gasteiger partial charge is 0.388 e. The molecule has 1 rings (SSSR count). The molecule has 1 fully saturated rings. The van der Waals surface area contributed by atoms with Crippen molar-refractivity contribution in [3.63, 3.8) is 0 Å². The molecular weight excluding hydrogens is 202 g/mol. The first-order chi connectivity index (χ1) is 6.97. The number of hydrogen-bond acceptors (Lipinski definition) is 5. The van der Waals surface area contributed by atoms with Crippen LogP contribution in [0.4, 0.5) is 0 Å². The molecule has 0 bridgehead atoms. The molecular formula is C9H17NO5. The second kappa shape index (κ2) is 4.89. The Kier molecular flexibility index (Phi) is 4.04. The topological polar surface area (TPSA) is 88.0 Å². The SMILES string of the molecule is CO[C@H]1O[C@@H](C)[C@H](O)[C@@H](NC(C)=O)[C@H]1O. The van der Waals surface area contributed by atoms with E-state index in [4.69, 9.17) is 9.47 Å². The van der Waals surface area contributed by atoms with Crippen molar-refractivity contribution in [3.8, 4) is 0 Å². The van der Waals surface area contributed by atoms with E-state index in [1.807, 2.05) is 0 Å². The van der Waals surface area contributed by atoms with Crippen molar-refractivity contribution in [1.82, 2.24) is 5.32 Å². The van der Waals surface area contributed by atoms with Gasteiger partial charge < -0.3 is 25.0 Å². The molecule has 0 radical (unpaired) electrons. The summed E-state index contributed by atoms with van der Waals surface area (Å²) in [6, 6.07) is -0.767. The Hall–Kier alpha value is -0.690. The van der Waals surface area contributed by atoms with Gasteiger partial charge in [0, 0.05) is 14.0 Å². The normalized spacial score (nSPS) is 41.3. The van der Waals surface area contributed by atoms with Gasteiger partial charge in [-0.1, -0.05) is 0 Å². The summed E-state index contributed by atoms with van der Waals surface area (Å²) in [6.45, 7) is 2.97. The lowest BCUT2D eigenvalue weighted by Crippen LogP contribution is -2.63. The maximum absolute atomic E-state index is 10.9. The van der Waals surface area contributed by atoms with Crippen LogP contribution >= 0.6 is 0 Å². The van der Waals surface area contributed by atoms with Crippen LogP contribution in [0.3, 0.4) is 0 Å². The fourth-order valence-corrected chi connectivity index (χ4v) is 1.64. The number of carbonyl (C=O) groups excluding carboxylic acids is 1. The van der Waals surface area contributed by atoms with Gasteiger partial charge in [0.25, 0.3) is 0 Å². The summed E-state index contributed by atoms with van der Waals surface area (Å²) in [5.74, 6) is -0.318. The van der Waals surface area contributed by atoms with Crippen LogP contribution < -0.4 is 5.32 Å². The van der Waals surface area contributed by atoms with Gasteiger partial charge in [-0.3, -0.25) is 4.79 Å². The average Bonchev–Trinajstić information content (AvgIpc) is 2.18. The van der Waals surface area contributed by atoms with Gasteiger partial charge in [-0.2, -0.15) is 0 Å². The zero-order valence-corrected chi connectivity index (χ0v) is 9.01. The Bertz CT molecular complexity index is 235. The Morgan fingerprint density at radius 1 is 1.40 bits per heavy atom.